The molecule has 0 heterocycles. The molecule has 4 bridgehead atoms. The summed E-state index contributed by atoms with van der Waals surface area (Å²) in [6.45, 7) is 1.12. The van der Waals surface area contributed by atoms with Crippen molar-refractivity contribution in [1.82, 2.24) is 0 Å². The van der Waals surface area contributed by atoms with Crippen LogP contribution in [0.2, 0.25) is 0 Å². The van der Waals surface area contributed by atoms with Crippen LogP contribution in [0.1, 0.15) is 30.4 Å². The minimum atomic E-state index is 0.949. The van der Waals surface area contributed by atoms with Crippen LogP contribution in [0.3, 0.4) is 0 Å². The summed E-state index contributed by atoms with van der Waals surface area (Å²) < 4.78 is 1.00. The number of quaternary nitrogens is 1. The van der Waals surface area contributed by atoms with E-state index >= 15 is 0 Å². The van der Waals surface area contributed by atoms with Gasteiger partial charge in [-0.05, 0) is 72.7 Å². The maximum absolute atomic E-state index is 2.57. The molecule has 0 saturated heterocycles. The number of hydrogen-bond donors (Lipinski definition) is 0. The van der Waals surface area contributed by atoms with E-state index in [9.17, 15) is 0 Å². The van der Waals surface area contributed by atoms with Crippen LogP contribution in [0.5, 0.6) is 0 Å². The first-order chi connectivity index (χ1) is 11.5. The van der Waals surface area contributed by atoms with Crippen LogP contribution in [-0.2, 0) is 13.0 Å². The lowest BCUT2D eigenvalue weighted by Crippen LogP contribution is -2.33. The Labute approximate surface area is 147 Å². The maximum Gasteiger partial charge on any atom is 0.104 e. The Morgan fingerprint density at radius 2 is 1.50 bits per heavy atom. The van der Waals surface area contributed by atoms with Crippen molar-refractivity contribution in [2.45, 2.75) is 32.2 Å². The van der Waals surface area contributed by atoms with Crippen molar-refractivity contribution in [2.75, 3.05) is 21.1 Å². The fourth-order valence-corrected chi connectivity index (χ4v) is 7.02. The molecule has 0 radical (unpaired) electrons. The van der Waals surface area contributed by atoms with Gasteiger partial charge in [-0.25, -0.2) is 0 Å². The molecular weight excluding hydrogens is 290 g/mol. The topological polar surface area (TPSA) is 0 Å². The van der Waals surface area contributed by atoms with Gasteiger partial charge in [-0.1, -0.05) is 36.4 Å². The summed E-state index contributed by atoms with van der Waals surface area (Å²) in [5, 5.41) is 0. The lowest BCUT2D eigenvalue weighted by atomic mass is 9.68. The average molecular weight is 323 g/mol. The van der Waals surface area contributed by atoms with Gasteiger partial charge in [0.1, 0.15) is 6.54 Å². The van der Waals surface area contributed by atoms with E-state index in [1.54, 1.807) is 12.0 Å². The van der Waals surface area contributed by atoms with Crippen molar-refractivity contribution in [3.8, 4) is 0 Å². The van der Waals surface area contributed by atoms with Gasteiger partial charge in [-0.15, -0.1) is 0 Å². The van der Waals surface area contributed by atoms with Gasteiger partial charge in [0, 0.05) is 5.56 Å². The van der Waals surface area contributed by atoms with Gasteiger partial charge in [0.15, 0.2) is 0 Å². The number of fused-ring (bicyclic) bond motifs is 9. The van der Waals surface area contributed by atoms with Crippen molar-refractivity contribution >= 4 is 0 Å². The third kappa shape index (κ3) is 2.39. The summed E-state index contributed by atoms with van der Waals surface area (Å²) in [7, 11) is 6.80. The molecule has 4 aliphatic carbocycles. The van der Waals surface area contributed by atoms with Gasteiger partial charge in [-0.2, -0.15) is 0 Å². The maximum atomic E-state index is 2.57. The Hall–Kier alpha value is -1.08. The number of hydrogen-bond acceptors (Lipinski definition) is 0. The summed E-state index contributed by atoms with van der Waals surface area (Å²) in [4.78, 5) is 0. The van der Waals surface area contributed by atoms with Crippen molar-refractivity contribution in [2.24, 2.45) is 41.4 Å². The highest BCUT2D eigenvalue weighted by molar-refractivity contribution is 5.25. The van der Waals surface area contributed by atoms with Gasteiger partial charge in [0.2, 0.25) is 0 Å². The molecule has 0 aliphatic heterocycles. The molecule has 4 aliphatic rings. The summed E-state index contributed by atoms with van der Waals surface area (Å²) >= 11 is 0. The van der Waals surface area contributed by atoms with Crippen LogP contribution in [0.4, 0.5) is 0 Å². The van der Waals surface area contributed by atoms with Gasteiger partial charge in [-0.3, -0.25) is 0 Å². The Morgan fingerprint density at radius 1 is 0.833 bits per heavy atom. The van der Waals surface area contributed by atoms with Crippen LogP contribution < -0.4 is 0 Å². The standard InChI is InChI=1S/C23H32N/c1-24(2,3)14-16-6-4-15(5-7-16)10-19-12-20-13-21(19)23-18-9-8-17(11-18)22(20)23/h4-9,17-23H,10-14H2,1-3H3/q+1. The minimum Gasteiger partial charge on any atom is -0.327 e. The van der Waals surface area contributed by atoms with Crippen molar-refractivity contribution in [3.63, 3.8) is 0 Å². The Morgan fingerprint density at radius 3 is 2.21 bits per heavy atom. The van der Waals surface area contributed by atoms with Gasteiger partial charge < -0.3 is 4.48 Å². The van der Waals surface area contributed by atoms with Crippen LogP contribution >= 0.6 is 0 Å². The minimum absolute atomic E-state index is 0.949. The largest absolute Gasteiger partial charge is 0.327 e. The van der Waals surface area contributed by atoms with E-state index in [4.69, 9.17) is 0 Å². The predicted molar refractivity (Wildman–Crippen MR) is 99.3 cm³/mol. The molecule has 1 aromatic rings. The van der Waals surface area contributed by atoms with Gasteiger partial charge in [0.25, 0.3) is 0 Å². The van der Waals surface area contributed by atoms with E-state index in [1.807, 2.05) is 0 Å². The van der Waals surface area contributed by atoms with Crippen LogP contribution in [-0.4, -0.2) is 25.6 Å². The molecule has 7 atom stereocenters. The predicted octanol–water partition coefficient (Wildman–Crippen LogP) is 4.53. The molecule has 24 heavy (non-hydrogen) atoms. The molecule has 0 amide bonds. The first kappa shape index (κ1) is 15.2. The average Bonchev–Trinajstić information content (AvgIpc) is 3.26. The van der Waals surface area contributed by atoms with Crippen LogP contribution in [0.25, 0.3) is 0 Å². The third-order valence-electron chi connectivity index (χ3n) is 7.59. The Bertz CT molecular complexity index is 650. The molecule has 3 fully saturated rings. The third-order valence-corrected chi connectivity index (χ3v) is 7.59. The number of benzene rings is 1. The zero-order chi connectivity index (χ0) is 16.5. The quantitative estimate of drug-likeness (QED) is 0.434. The highest BCUT2D eigenvalue weighted by Crippen LogP contribution is 2.67. The molecule has 1 aromatic carbocycles. The van der Waals surface area contributed by atoms with E-state index in [0.717, 1.165) is 52.5 Å². The van der Waals surface area contributed by atoms with E-state index < -0.39 is 0 Å². The fraction of sp³-hybridized carbons (Fsp3) is 0.652. The normalized spacial score (nSPS) is 42.0. The van der Waals surface area contributed by atoms with Crippen molar-refractivity contribution in [3.05, 3.63) is 47.5 Å². The summed E-state index contributed by atoms with van der Waals surface area (Å²) in [5.41, 5.74) is 3.05. The lowest BCUT2D eigenvalue weighted by Gasteiger charge is -2.36. The SMILES string of the molecule is C[N+](C)(C)Cc1ccc(CC2CC3CC2C2C4C=CC(C4)C32)cc1. The summed E-state index contributed by atoms with van der Waals surface area (Å²) in [5.74, 6) is 7.10. The molecular formula is C23H32N+. The smallest absolute Gasteiger partial charge is 0.104 e. The number of nitrogens with zero attached hydrogens (tertiary/aromatic N) is 1. The zero-order valence-corrected chi connectivity index (χ0v) is 15.5. The van der Waals surface area contributed by atoms with E-state index in [2.05, 4.69) is 57.6 Å². The number of allylic oxidation sites excluding steroid dienone is 2. The Kier molecular flexibility index (Phi) is 3.30. The monoisotopic (exact) mass is 322 g/mol. The van der Waals surface area contributed by atoms with Crippen LogP contribution in [0, 0.1) is 41.4 Å². The van der Waals surface area contributed by atoms with Gasteiger partial charge in [0.05, 0.1) is 21.1 Å². The second-order valence-electron chi connectivity index (χ2n) is 10.2. The first-order valence-corrected chi connectivity index (χ1v) is 10.0. The van der Waals surface area contributed by atoms with E-state index in [1.165, 1.54) is 24.8 Å². The summed E-state index contributed by atoms with van der Waals surface area (Å²) in [6, 6.07) is 9.56. The second-order valence-corrected chi connectivity index (χ2v) is 10.2. The molecule has 1 heteroatoms. The summed E-state index contributed by atoms with van der Waals surface area (Å²) in [6.07, 6.45) is 11.0. The molecule has 7 unspecified atom stereocenters. The molecule has 5 rings (SSSR count). The van der Waals surface area contributed by atoms with Crippen LogP contribution in [0.15, 0.2) is 36.4 Å². The van der Waals surface area contributed by atoms with E-state index in [-0.39, 0.29) is 0 Å². The molecule has 128 valence electrons. The first-order valence-electron chi connectivity index (χ1n) is 10.0. The van der Waals surface area contributed by atoms with E-state index in [0.29, 0.717) is 0 Å². The van der Waals surface area contributed by atoms with Gasteiger partial charge >= 0.3 is 0 Å². The van der Waals surface area contributed by atoms with Crippen molar-refractivity contribution < 1.29 is 4.48 Å². The molecule has 0 spiro atoms. The number of rotatable bonds is 4. The second kappa shape index (κ2) is 5.21. The molecule has 0 aromatic heterocycles. The molecule has 0 N–H and O–H groups in total. The molecule has 3 saturated carbocycles. The fourth-order valence-electron chi connectivity index (χ4n) is 7.02. The Balaban J connectivity index is 1.27. The highest BCUT2D eigenvalue weighted by atomic mass is 15.3. The lowest BCUT2D eigenvalue weighted by molar-refractivity contribution is -0.884. The highest BCUT2D eigenvalue weighted by Gasteiger charge is 2.60. The van der Waals surface area contributed by atoms with Crippen molar-refractivity contribution in [1.29, 1.82) is 0 Å². The zero-order valence-electron chi connectivity index (χ0n) is 15.5. The molecule has 1 nitrogen and oxygen atoms in total.